The highest BCUT2D eigenvalue weighted by Gasteiger charge is 2.22. The second-order valence-electron chi connectivity index (χ2n) is 6.60. The second-order valence-corrected chi connectivity index (χ2v) is 7.03. The van der Waals surface area contributed by atoms with E-state index in [1.54, 1.807) is 6.20 Å². The standard InChI is InChI=1S/C18H20ClN5O/c19-13-7-12(8-20-9-13)10-24-6-4-15-14(11-24)18(25)23-17(22-15)16-3-1-2-5-21-16/h7-9H,1-6,10-11H2,(H,22,23,25). The molecule has 4 heterocycles. The fourth-order valence-electron chi connectivity index (χ4n) is 3.44. The van der Waals surface area contributed by atoms with Crippen LogP contribution in [0.2, 0.25) is 5.02 Å². The van der Waals surface area contributed by atoms with Gasteiger partial charge >= 0.3 is 0 Å². The maximum Gasteiger partial charge on any atom is 0.255 e. The molecule has 0 amide bonds. The van der Waals surface area contributed by atoms with Gasteiger partial charge in [-0.05, 0) is 30.9 Å². The molecule has 0 atom stereocenters. The number of aromatic nitrogens is 3. The van der Waals surface area contributed by atoms with Gasteiger partial charge in [-0.3, -0.25) is 19.7 Å². The Morgan fingerprint density at radius 3 is 2.96 bits per heavy atom. The van der Waals surface area contributed by atoms with E-state index in [0.717, 1.165) is 67.9 Å². The van der Waals surface area contributed by atoms with Crippen LogP contribution in [0.15, 0.2) is 28.2 Å². The fourth-order valence-corrected chi connectivity index (χ4v) is 3.64. The van der Waals surface area contributed by atoms with Crippen molar-refractivity contribution < 1.29 is 0 Å². The van der Waals surface area contributed by atoms with Crippen molar-refractivity contribution in [2.24, 2.45) is 4.99 Å². The number of aromatic amines is 1. The normalized spacial score (nSPS) is 17.9. The van der Waals surface area contributed by atoms with Gasteiger partial charge in [-0.2, -0.15) is 0 Å². The number of H-pyrrole nitrogens is 1. The molecule has 7 heteroatoms. The number of nitrogens with zero attached hydrogens (tertiary/aromatic N) is 4. The van der Waals surface area contributed by atoms with Crippen molar-refractivity contribution in [3.63, 3.8) is 0 Å². The topological polar surface area (TPSA) is 74.2 Å². The summed E-state index contributed by atoms with van der Waals surface area (Å²) >= 11 is 6.00. The Kier molecular flexibility index (Phi) is 4.63. The van der Waals surface area contributed by atoms with Crippen molar-refractivity contribution in [2.45, 2.75) is 38.8 Å². The Hall–Kier alpha value is -2.05. The number of hydrogen-bond acceptors (Lipinski definition) is 5. The third-order valence-electron chi connectivity index (χ3n) is 4.71. The number of nitrogens with one attached hydrogen (secondary N) is 1. The van der Waals surface area contributed by atoms with Crippen molar-refractivity contribution in [1.82, 2.24) is 19.9 Å². The highest BCUT2D eigenvalue weighted by molar-refractivity contribution is 6.30. The molecule has 2 aromatic heterocycles. The van der Waals surface area contributed by atoms with Crippen LogP contribution in [0.25, 0.3) is 0 Å². The van der Waals surface area contributed by atoms with E-state index in [2.05, 4.69) is 19.9 Å². The quantitative estimate of drug-likeness (QED) is 0.915. The zero-order valence-corrected chi connectivity index (χ0v) is 14.7. The summed E-state index contributed by atoms with van der Waals surface area (Å²) in [7, 11) is 0. The predicted octanol–water partition coefficient (Wildman–Crippen LogP) is 2.35. The van der Waals surface area contributed by atoms with Crippen molar-refractivity contribution in [3.8, 4) is 0 Å². The zero-order valence-electron chi connectivity index (χ0n) is 14.0. The average Bonchev–Trinajstić information content (AvgIpc) is 2.63. The van der Waals surface area contributed by atoms with Gasteiger partial charge in [0, 0.05) is 45.0 Å². The molecule has 0 fully saturated rings. The Bertz CT molecular complexity index is 876. The molecule has 0 bridgehead atoms. The molecule has 4 rings (SSSR count). The first kappa shape index (κ1) is 16.4. The first-order chi connectivity index (χ1) is 12.2. The minimum absolute atomic E-state index is 0.0396. The third-order valence-corrected chi connectivity index (χ3v) is 4.92. The van der Waals surface area contributed by atoms with Crippen LogP contribution >= 0.6 is 11.6 Å². The van der Waals surface area contributed by atoms with E-state index in [1.807, 2.05) is 12.3 Å². The van der Waals surface area contributed by atoms with E-state index >= 15 is 0 Å². The van der Waals surface area contributed by atoms with E-state index in [-0.39, 0.29) is 5.56 Å². The van der Waals surface area contributed by atoms with Crippen molar-refractivity contribution in [3.05, 3.63) is 56.5 Å². The highest BCUT2D eigenvalue weighted by Crippen LogP contribution is 2.18. The number of halogens is 1. The molecule has 130 valence electrons. The number of hydrogen-bond donors (Lipinski definition) is 1. The van der Waals surface area contributed by atoms with Crippen LogP contribution in [0.5, 0.6) is 0 Å². The fraction of sp³-hybridized carbons (Fsp3) is 0.444. The third kappa shape index (κ3) is 3.65. The van der Waals surface area contributed by atoms with E-state index in [9.17, 15) is 4.79 Å². The van der Waals surface area contributed by atoms with E-state index in [1.165, 1.54) is 0 Å². The molecule has 0 unspecified atom stereocenters. The van der Waals surface area contributed by atoms with Gasteiger partial charge in [0.2, 0.25) is 0 Å². The molecule has 0 saturated carbocycles. The molecule has 6 nitrogen and oxygen atoms in total. The summed E-state index contributed by atoms with van der Waals surface area (Å²) in [4.78, 5) is 31.1. The highest BCUT2D eigenvalue weighted by atomic mass is 35.5. The number of fused-ring (bicyclic) bond motifs is 1. The lowest BCUT2D eigenvalue weighted by molar-refractivity contribution is 0.241. The zero-order chi connectivity index (χ0) is 17.2. The smallest absolute Gasteiger partial charge is 0.255 e. The number of pyridine rings is 1. The van der Waals surface area contributed by atoms with Gasteiger partial charge in [-0.1, -0.05) is 11.6 Å². The Morgan fingerprint density at radius 2 is 2.16 bits per heavy atom. The lowest BCUT2D eigenvalue weighted by atomic mass is 10.0. The van der Waals surface area contributed by atoms with Gasteiger partial charge in [-0.25, -0.2) is 4.98 Å². The van der Waals surface area contributed by atoms with Gasteiger partial charge in [0.1, 0.15) is 0 Å². The largest absolute Gasteiger partial charge is 0.305 e. The molecular weight excluding hydrogens is 338 g/mol. The van der Waals surface area contributed by atoms with E-state index < -0.39 is 0 Å². The monoisotopic (exact) mass is 357 g/mol. The Labute approximate surface area is 151 Å². The van der Waals surface area contributed by atoms with Gasteiger partial charge in [0.05, 0.1) is 22.0 Å². The van der Waals surface area contributed by atoms with Crippen LogP contribution in [0.4, 0.5) is 0 Å². The molecule has 2 aromatic rings. The Balaban J connectivity index is 1.55. The van der Waals surface area contributed by atoms with E-state index in [4.69, 9.17) is 16.6 Å². The molecule has 0 aliphatic carbocycles. The maximum absolute atomic E-state index is 12.6. The average molecular weight is 358 g/mol. The minimum Gasteiger partial charge on any atom is -0.305 e. The summed E-state index contributed by atoms with van der Waals surface area (Å²) in [5.41, 5.74) is 3.63. The molecule has 1 N–H and O–H groups in total. The maximum atomic E-state index is 12.6. The number of rotatable bonds is 3. The van der Waals surface area contributed by atoms with Gasteiger partial charge < -0.3 is 4.98 Å². The lowest BCUT2D eigenvalue weighted by Crippen LogP contribution is -2.36. The van der Waals surface area contributed by atoms with Crippen LogP contribution < -0.4 is 5.56 Å². The summed E-state index contributed by atoms with van der Waals surface area (Å²) < 4.78 is 0. The van der Waals surface area contributed by atoms with E-state index in [0.29, 0.717) is 17.4 Å². The second kappa shape index (κ2) is 7.06. The molecule has 0 saturated heterocycles. The first-order valence-electron chi connectivity index (χ1n) is 8.66. The molecular formula is C18H20ClN5O. The molecule has 2 aliphatic heterocycles. The van der Waals surface area contributed by atoms with Crippen LogP contribution in [0, 0.1) is 0 Å². The lowest BCUT2D eigenvalue weighted by Gasteiger charge is -2.27. The van der Waals surface area contributed by atoms with Gasteiger partial charge in [0.15, 0.2) is 5.82 Å². The van der Waals surface area contributed by atoms with Crippen molar-refractivity contribution in [2.75, 3.05) is 13.1 Å². The van der Waals surface area contributed by atoms with Crippen LogP contribution in [-0.4, -0.2) is 38.7 Å². The van der Waals surface area contributed by atoms with Crippen LogP contribution in [0.1, 0.15) is 41.9 Å². The summed E-state index contributed by atoms with van der Waals surface area (Å²) in [5, 5.41) is 0.632. The summed E-state index contributed by atoms with van der Waals surface area (Å²) in [6.45, 7) is 3.01. The predicted molar refractivity (Wildman–Crippen MR) is 97.2 cm³/mol. The van der Waals surface area contributed by atoms with Crippen LogP contribution in [0.3, 0.4) is 0 Å². The van der Waals surface area contributed by atoms with Gasteiger partial charge in [-0.15, -0.1) is 0 Å². The van der Waals surface area contributed by atoms with Gasteiger partial charge in [0.25, 0.3) is 5.56 Å². The first-order valence-corrected chi connectivity index (χ1v) is 9.04. The Morgan fingerprint density at radius 1 is 1.24 bits per heavy atom. The molecule has 2 aliphatic rings. The molecule has 0 spiro atoms. The molecule has 0 radical (unpaired) electrons. The number of aliphatic imine (C=N–C) groups is 1. The van der Waals surface area contributed by atoms with Crippen LogP contribution in [-0.2, 0) is 19.5 Å². The SMILES string of the molecule is O=c1[nH]c(C2=NCCCC2)nc2c1CN(Cc1cncc(Cl)c1)CC2. The minimum atomic E-state index is -0.0396. The summed E-state index contributed by atoms with van der Waals surface area (Å²) in [5.74, 6) is 0.663. The van der Waals surface area contributed by atoms with Crippen molar-refractivity contribution >= 4 is 17.3 Å². The summed E-state index contributed by atoms with van der Waals surface area (Å²) in [6.07, 6.45) is 7.34. The molecule has 25 heavy (non-hydrogen) atoms. The summed E-state index contributed by atoms with van der Waals surface area (Å²) in [6, 6.07) is 1.91. The van der Waals surface area contributed by atoms with Crippen molar-refractivity contribution in [1.29, 1.82) is 0 Å². The molecule has 0 aromatic carbocycles.